The summed E-state index contributed by atoms with van der Waals surface area (Å²) < 4.78 is 16.8. The molecule has 0 saturated heterocycles. The molecule has 1 atom stereocenters. The first-order valence-corrected chi connectivity index (χ1v) is 28.7. The molecule has 0 spiro atoms. The average molecular weight is 960 g/mol. The summed E-state index contributed by atoms with van der Waals surface area (Å²) in [5.41, 5.74) is 0. The van der Waals surface area contributed by atoms with E-state index in [9.17, 15) is 14.4 Å². The van der Waals surface area contributed by atoms with E-state index < -0.39 is 6.10 Å². The number of hydrogen-bond acceptors (Lipinski definition) is 6. The van der Waals surface area contributed by atoms with E-state index in [1.807, 2.05) is 0 Å². The largest absolute Gasteiger partial charge is 0.462 e. The number of rotatable bonds is 51. The summed E-state index contributed by atoms with van der Waals surface area (Å²) in [5, 5.41) is 0. The summed E-state index contributed by atoms with van der Waals surface area (Å²) in [6.07, 6.45) is 75.4. The van der Waals surface area contributed by atoms with Crippen LogP contribution in [0.4, 0.5) is 0 Å². The molecule has 0 aliphatic rings. The summed E-state index contributed by atoms with van der Waals surface area (Å²) in [4.78, 5) is 38.1. The van der Waals surface area contributed by atoms with Crippen LogP contribution in [0.5, 0.6) is 0 Å². The zero-order chi connectivity index (χ0) is 50.0. The van der Waals surface area contributed by atoms with Gasteiger partial charge in [0.15, 0.2) is 6.10 Å². The van der Waals surface area contributed by atoms with Crippen LogP contribution in [0, 0.1) is 0 Å². The third kappa shape index (κ3) is 55.1. The minimum atomic E-state index is -0.815. The second kappa shape index (κ2) is 56.9. The minimum absolute atomic E-state index is 0.106. The Balaban J connectivity index is 4.49. The van der Waals surface area contributed by atoms with Crippen molar-refractivity contribution in [3.05, 3.63) is 97.2 Å². The lowest BCUT2D eigenvalue weighted by atomic mass is 10.1. The highest BCUT2D eigenvalue weighted by atomic mass is 16.6. The van der Waals surface area contributed by atoms with Gasteiger partial charge in [0.25, 0.3) is 0 Å². The van der Waals surface area contributed by atoms with E-state index in [4.69, 9.17) is 14.2 Å². The van der Waals surface area contributed by atoms with Crippen LogP contribution in [0.2, 0.25) is 0 Å². The zero-order valence-corrected chi connectivity index (χ0v) is 45.0. The number of allylic oxidation sites excluding steroid dienone is 16. The Labute approximate surface area is 426 Å². The van der Waals surface area contributed by atoms with Crippen molar-refractivity contribution in [3.63, 3.8) is 0 Å². The van der Waals surface area contributed by atoms with Crippen LogP contribution in [0.3, 0.4) is 0 Å². The SMILES string of the molecule is CCCCC/C=C/C/C=C/C/C=C/C/C=C/CCCC(=O)O[C@H](COC(=O)CCCCCCC/C=C/C/C=C/CCCCC)COC(=O)CCCCCCCCCCC/C=C/C/C=C/CCCCC. The molecule has 0 aliphatic carbocycles. The molecule has 6 heteroatoms. The molecule has 0 heterocycles. The quantitative estimate of drug-likeness (QED) is 0.0262. The van der Waals surface area contributed by atoms with Gasteiger partial charge in [0.2, 0.25) is 0 Å². The topological polar surface area (TPSA) is 78.9 Å². The molecule has 0 aromatic rings. The number of ether oxygens (including phenoxy) is 3. The second-order valence-corrected chi connectivity index (χ2v) is 18.8. The first-order valence-electron chi connectivity index (χ1n) is 28.7. The van der Waals surface area contributed by atoms with Crippen LogP contribution >= 0.6 is 0 Å². The van der Waals surface area contributed by atoms with Crippen molar-refractivity contribution in [1.29, 1.82) is 0 Å². The van der Waals surface area contributed by atoms with Crippen LogP contribution in [-0.2, 0) is 28.6 Å². The minimum Gasteiger partial charge on any atom is -0.462 e. The van der Waals surface area contributed by atoms with Gasteiger partial charge in [-0.3, -0.25) is 14.4 Å². The van der Waals surface area contributed by atoms with Gasteiger partial charge in [-0.1, -0.05) is 221 Å². The summed E-state index contributed by atoms with van der Waals surface area (Å²) >= 11 is 0. The van der Waals surface area contributed by atoms with Gasteiger partial charge in [0, 0.05) is 19.3 Å². The smallest absolute Gasteiger partial charge is 0.306 e. The highest BCUT2D eigenvalue weighted by Gasteiger charge is 2.19. The lowest BCUT2D eigenvalue weighted by molar-refractivity contribution is -0.167. The normalized spacial score (nSPS) is 12.8. The average Bonchev–Trinajstić information content (AvgIpc) is 3.35. The van der Waals surface area contributed by atoms with Crippen molar-refractivity contribution in [1.82, 2.24) is 0 Å². The lowest BCUT2D eigenvalue weighted by Gasteiger charge is -2.18. The van der Waals surface area contributed by atoms with Gasteiger partial charge < -0.3 is 14.2 Å². The summed E-state index contributed by atoms with van der Waals surface area (Å²) in [6.45, 7) is 6.51. The van der Waals surface area contributed by atoms with Gasteiger partial charge in [-0.15, -0.1) is 0 Å². The predicted molar refractivity (Wildman–Crippen MR) is 297 cm³/mol. The van der Waals surface area contributed by atoms with Gasteiger partial charge in [-0.2, -0.15) is 0 Å². The first-order chi connectivity index (χ1) is 34.0. The fourth-order valence-electron chi connectivity index (χ4n) is 7.67. The number of esters is 3. The molecule has 0 N–H and O–H groups in total. The van der Waals surface area contributed by atoms with Gasteiger partial charge in [0.05, 0.1) is 0 Å². The Hall–Kier alpha value is -3.67. The Morgan fingerprint density at radius 3 is 0.855 bits per heavy atom. The molecular formula is C63H106O6. The third-order valence-corrected chi connectivity index (χ3v) is 12.0. The van der Waals surface area contributed by atoms with Crippen LogP contribution in [0.15, 0.2) is 97.2 Å². The Morgan fingerprint density at radius 2 is 0.536 bits per heavy atom. The van der Waals surface area contributed by atoms with Crippen LogP contribution < -0.4 is 0 Å². The highest BCUT2D eigenvalue weighted by Crippen LogP contribution is 2.14. The van der Waals surface area contributed by atoms with Crippen molar-refractivity contribution in [2.45, 2.75) is 271 Å². The van der Waals surface area contributed by atoms with Gasteiger partial charge >= 0.3 is 17.9 Å². The maximum atomic E-state index is 12.8. The molecule has 0 aliphatic heterocycles. The fraction of sp³-hybridized carbons (Fsp3) is 0.698. The molecule has 0 fully saturated rings. The molecule has 0 amide bonds. The van der Waals surface area contributed by atoms with Crippen LogP contribution in [0.1, 0.15) is 265 Å². The molecule has 0 saturated carbocycles. The molecule has 394 valence electrons. The summed E-state index contributed by atoms with van der Waals surface area (Å²) in [6, 6.07) is 0. The van der Waals surface area contributed by atoms with E-state index in [-0.39, 0.29) is 37.5 Å². The van der Waals surface area contributed by atoms with E-state index in [0.717, 1.165) is 96.3 Å². The molecule has 69 heavy (non-hydrogen) atoms. The Bertz CT molecular complexity index is 1380. The van der Waals surface area contributed by atoms with Crippen molar-refractivity contribution in [2.24, 2.45) is 0 Å². The first kappa shape index (κ1) is 65.3. The number of hydrogen-bond donors (Lipinski definition) is 0. The van der Waals surface area contributed by atoms with Crippen molar-refractivity contribution < 1.29 is 28.6 Å². The Kier molecular flexibility index (Phi) is 53.9. The van der Waals surface area contributed by atoms with E-state index in [2.05, 4.69) is 118 Å². The van der Waals surface area contributed by atoms with E-state index in [1.165, 1.54) is 122 Å². The van der Waals surface area contributed by atoms with Crippen molar-refractivity contribution in [2.75, 3.05) is 13.2 Å². The number of unbranched alkanes of at least 4 members (excludes halogenated alkanes) is 24. The van der Waals surface area contributed by atoms with Crippen molar-refractivity contribution in [3.8, 4) is 0 Å². The van der Waals surface area contributed by atoms with E-state index >= 15 is 0 Å². The molecule has 6 nitrogen and oxygen atoms in total. The van der Waals surface area contributed by atoms with Crippen molar-refractivity contribution >= 4 is 17.9 Å². The van der Waals surface area contributed by atoms with Gasteiger partial charge in [-0.05, 0) is 122 Å². The summed E-state index contributed by atoms with van der Waals surface area (Å²) in [5.74, 6) is -0.979. The molecule has 0 aromatic heterocycles. The highest BCUT2D eigenvalue weighted by molar-refractivity contribution is 5.71. The monoisotopic (exact) mass is 959 g/mol. The molecule has 0 radical (unpaired) electrons. The summed E-state index contributed by atoms with van der Waals surface area (Å²) in [7, 11) is 0. The Morgan fingerprint density at radius 1 is 0.290 bits per heavy atom. The molecule has 0 unspecified atom stereocenters. The number of carbonyl (C=O) groups is 3. The van der Waals surface area contributed by atoms with E-state index in [0.29, 0.717) is 19.3 Å². The fourth-order valence-corrected chi connectivity index (χ4v) is 7.67. The third-order valence-electron chi connectivity index (χ3n) is 12.0. The standard InChI is InChI=1S/C63H106O6/c1-4-7-10-13-16-19-22-25-28-30-31-33-35-38-41-44-47-50-53-56-62(65)68-59-60(58-67-61(64)55-52-49-46-43-40-37-34-27-24-21-18-15-12-9-6-3)69-63(66)57-54-51-48-45-42-39-36-32-29-26-23-20-17-14-11-8-5-2/h16-21,25-29,34,36,39,45,48,60H,4-15,22-24,30-33,35,37-38,40-44,46-47,49-59H2,1-3H3/b19-16+,20-17+,21-18+,28-25+,29-26+,34-27+,39-36+,48-45+/t60-/m1/s1. The van der Waals surface area contributed by atoms with Crippen LogP contribution in [-0.4, -0.2) is 37.2 Å². The van der Waals surface area contributed by atoms with Crippen LogP contribution in [0.25, 0.3) is 0 Å². The predicted octanol–water partition coefficient (Wildman–Crippen LogP) is 19.3. The van der Waals surface area contributed by atoms with Gasteiger partial charge in [0.1, 0.15) is 13.2 Å². The maximum Gasteiger partial charge on any atom is 0.306 e. The van der Waals surface area contributed by atoms with Gasteiger partial charge in [-0.25, -0.2) is 0 Å². The molecular weight excluding hydrogens is 853 g/mol. The van der Waals surface area contributed by atoms with E-state index in [1.54, 1.807) is 0 Å². The number of carbonyl (C=O) groups excluding carboxylic acids is 3. The second-order valence-electron chi connectivity index (χ2n) is 18.8. The molecule has 0 bridgehead atoms. The molecule has 0 rings (SSSR count). The molecule has 0 aromatic carbocycles. The lowest BCUT2D eigenvalue weighted by Crippen LogP contribution is -2.30. The maximum absolute atomic E-state index is 12.8. The zero-order valence-electron chi connectivity index (χ0n) is 45.0.